The zero-order valence-corrected chi connectivity index (χ0v) is 15.4. The quantitative estimate of drug-likeness (QED) is 0.219. The lowest BCUT2D eigenvalue weighted by Crippen LogP contribution is -2.14. The molecule has 0 atom stereocenters. The maximum Gasteiger partial charge on any atom is 0.225 e. The Balaban J connectivity index is 1.78. The highest BCUT2D eigenvalue weighted by molar-refractivity contribution is 7.68. The Bertz CT molecular complexity index is 993. The molecule has 0 spiro atoms. The lowest BCUT2D eigenvalue weighted by molar-refractivity contribution is 0.311. The van der Waals surface area contributed by atoms with Crippen LogP contribution in [0.25, 0.3) is 11.4 Å². The molecule has 2 aromatic heterocycles. The average Bonchev–Trinajstić information content (AvgIpc) is 2.72. The normalized spacial score (nSPS) is 11.8. The number of nitrogens with zero attached hydrogens (tertiary/aromatic N) is 4. The van der Waals surface area contributed by atoms with Gasteiger partial charge in [-0.3, -0.25) is 15.8 Å². The number of hydrogen-bond donors (Lipinski definition) is 5. The lowest BCUT2D eigenvalue weighted by Gasteiger charge is -2.12. The molecule has 10 nitrogen and oxygen atoms in total. The zero-order valence-electron chi connectivity index (χ0n) is 14.6. The Kier molecular flexibility index (Phi) is 6.68. The fourth-order valence-electron chi connectivity index (χ4n) is 2.24. The number of nitrogens with one attached hydrogen (secondary N) is 3. The highest BCUT2D eigenvalue weighted by Gasteiger charge is 2.07. The second kappa shape index (κ2) is 9.60. The molecule has 11 heteroatoms. The summed E-state index contributed by atoms with van der Waals surface area (Å²) in [7, 11) is -2.24. The second-order valence-corrected chi connectivity index (χ2v) is 6.09. The third-order valence-electron chi connectivity index (χ3n) is 3.43. The van der Waals surface area contributed by atoms with E-state index in [1.807, 2.05) is 18.2 Å². The summed E-state index contributed by atoms with van der Waals surface area (Å²) >= 11 is 0. The zero-order chi connectivity index (χ0) is 19.8. The SMILES string of the molecule is O=[S-](O)=Nc1ccc(NNc2cc(-c3ccccn3)nc(NCCO)n2)cc1. The van der Waals surface area contributed by atoms with Crippen molar-refractivity contribution >= 4 is 34.0 Å². The van der Waals surface area contributed by atoms with Crippen molar-refractivity contribution in [3.63, 3.8) is 0 Å². The molecule has 0 saturated carbocycles. The predicted octanol–water partition coefficient (Wildman–Crippen LogP) is 2.63. The van der Waals surface area contributed by atoms with Gasteiger partial charge >= 0.3 is 0 Å². The van der Waals surface area contributed by atoms with Crippen LogP contribution >= 0.6 is 0 Å². The van der Waals surface area contributed by atoms with Crippen LogP contribution in [0.15, 0.2) is 59.1 Å². The van der Waals surface area contributed by atoms with Crippen LogP contribution < -0.4 is 16.2 Å². The summed E-state index contributed by atoms with van der Waals surface area (Å²) in [6.07, 6.45) is 1.68. The standard InChI is InChI=1S/C17H18N7O3S/c25-10-9-19-17-20-15(14-3-1-2-8-18-14)11-16(21-17)23-22-12-4-6-13(7-5-12)24-28(26)27/h1-8,11,22,25H,9-10H2,(H,24,26,27)(H2,19,20,21,23)/q-1. The lowest BCUT2D eigenvalue weighted by atomic mass is 10.2. The minimum absolute atomic E-state index is 0.0474. The second-order valence-electron chi connectivity index (χ2n) is 5.45. The molecule has 0 aliphatic heterocycles. The fourth-order valence-corrected chi connectivity index (χ4v) is 2.54. The summed E-state index contributed by atoms with van der Waals surface area (Å²) in [5, 5.41) is 11.9. The van der Waals surface area contributed by atoms with Gasteiger partial charge in [-0.1, -0.05) is 16.9 Å². The molecule has 0 aliphatic rings. The smallest absolute Gasteiger partial charge is 0.225 e. The molecule has 0 unspecified atom stereocenters. The van der Waals surface area contributed by atoms with Crippen molar-refractivity contribution in [2.45, 2.75) is 0 Å². The molecule has 0 amide bonds. The molecule has 0 aliphatic carbocycles. The highest BCUT2D eigenvalue weighted by Crippen LogP contribution is 2.20. The number of rotatable bonds is 8. The molecule has 1 aromatic carbocycles. The third kappa shape index (κ3) is 5.61. The van der Waals surface area contributed by atoms with Crippen LogP contribution in [-0.4, -0.2) is 37.8 Å². The van der Waals surface area contributed by atoms with Gasteiger partial charge in [0.1, 0.15) is 0 Å². The Morgan fingerprint density at radius 3 is 2.54 bits per heavy atom. The van der Waals surface area contributed by atoms with E-state index < -0.39 is 10.9 Å². The van der Waals surface area contributed by atoms with Crippen molar-refractivity contribution in [3.05, 3.63) is 54.7 Å². The summed E-state index contributed by atoms with van der Waals surface area (Å²) in [6.45, 7) is 0.268. The number of pyridine rings is 1. The Morgan fingerprint density at radius 1 is 1.04 bits per heavy atom. The molecular formula is C17H18N7O3S-. The fraction of sp³-hybridized carbons (Fsp3) is 0.118. The molecule has 0 radical (unpaired) electrons. The van der Waals surface area contributed by atoms with Gasteiger partial charge in [0.05, 0.1) is 23.7 Å². The monoisotopic (exact) mass is 400 g/mol. The molecule has 5 N–H and O–H groups in total. The van der Waals surface area contributed by atoms with Crippen molar-refractivity contribution in [1.29, 1.82) is 0 Å². The van der Waals surface area contributed by atoms with Crippen molar-refractivity contribution < 1.29 is 13.9 Å². The van der Waals surface area contributed by atoms with Gasteiger partial charge in [-0.2, -0.15) is 4.98 Å². The summed E-state index contributed by atoms with van der Waals surface area (Å²) in [6, 6.07) is 13.9. The Labute approximate surface area is 163 Å². The number of aliphatic hydroxyl groups is 1. The maximum absolute atomic E-state index is 10.7. The van der Waals surface area contributed by atoms with Crippen LogP contribution in [0.5, 0.6) is 0 Å². The van der Waals surface area contributed by atoms with E-state index in [4.69, 9.17) is 9.66 Å². The first kappa shape index (κ1) is 19.5. The van der Waals surface area contributed by atoms with E-state index in [0.717, 1.165) is 0 Å². The molecule has 28 heavy (non-hydrogen) atoms. The van der Waals surface area contributed by atoms with Crippen LogP contribution in [0.2, 0.25) is 0 Å². The number of anilines is 3. The van der Waals surface area contributed by atoms with Gasteiger partial charge in [0.25, 0.3) is 0 Å². The topological polar surface area (TPSA) is 145 Å². The van der Waals surface area contributed by atoms with Crippen LogP contribution in [0.3, 0.4) is 0 Å². The van der Waals surface area contributed by atoms with E-state index in [2.05, 4.69) is 35.5 Å². The van der Waals surface area contributed by atoms with Crippen molar-refractivity contribution in [1.82, 2.24) is 15.0 Å². The first-order chi connectivity index (χ1) is 13.6. The van der Waals surface area contributed by atoms with E-state index in [0.29, 0.717) is 41.1 Å². The largest absolute Gasteiger partial charge is 0.454 e. The average molecular weight is 400 g/mol. The number of benzene rings is 1. The Hall–Kier alpha value is -3.28. The van der Waals surface area contributed by atoms with Gasteiger partial charge in [0.2, 0.25) is 5.95 Å². The molecule has 3 aromatic rings. The van der Waals surface area contributed by atoms with Crippen LogP contribution in [-0.2, 0) is 15.1 Å². The molecule has 3 rings (SSSR count). The van der Waals surface area contributed by atoms with Crippen molar-refractivity contribution in [2.24, 2.45) is 4.36 Å². The summed E-state index contributed by atoms with van der Waals surface area (Å²) in [5.41, 5.74) is 8.35. The van der Waals surface area contributed by atoms with Crippen LogP contribution in [0.4, 0.5) is 23.1 Å². The maximum atomic E-state index is 10.7. The summed E-state index contributed by atoms with van der Waals surface area (Å²) in [5.74, 6) is 0.836. The minimum Gasteiger partial charge on any atom is -0.454 e. The van der Waals surface area contributed by atoms with Gasteiger partial charge in [0, 0.05) is 24.5 Å². The molecule has 2 heterocycles. The van der Waals surface area contributed by atoms with Gasteiger partial charge in [-0.25, -0.2) is 4.98 Å². The van der Waals surface area contributed by atoms with Gasteiger partial charge in [-0.05, 0) is 36.4 Å². The van der Waals surface area contributed by atoms with E-state index in [1.165, 1.54) is 0 Å². The number of aromatic nitrogens is 3. The summed E-state index contributed by atoms with van der Waals surface area (Å²) in [4.78, 5) is 13.0. The predicted molar refractivity (Wildman–Crippen MR) is 107 cm³/mol. The van der Waals surface area contributed by atoms with Crippen molar-refractivity contribution in [3.8, 4) is 11.4 Å². The first-order valence-electron chi connectivity index (χ1n) is 8.24. The van der Waals surface area contributed by atoms with E-state index in [9.17, 15) is 4.21 Å². The highest BCUT2D eigenvalue weighted by atomic mass is 32.2. The van der Waals surface area contributed by atoms with E-state index in [1.54, 1.807) is 36.5 Å². The summed E-state index contributed by atoms with van der Waals surface area (Å²) < 4.78 is 23.0. The number of hydrazine groups is 1. The van der Waals surface area contributed by atoms with Crippen LogP contribution in [0, 0.1) is 0 Å². The molecule has 0 fully saturated rings. The molecule has 0 bridgehead atoms. The minimum atomic E-state index is -2.24. The number of aliphatic hydroxyl groups excluding tert-OH is 1. The molecule has 146 valence electrons. The van der Waals surface area contributed by atoms with E-state index >= 15 is 0 Å². The molecular weight excluding hydrogens is 382 g/mol. The molecule has 0 saturated heterocycles. The Morgan fingerprint density at radius 2 is 1.86 bits per heavy atom. The number of hydrogen-bond acceptors (Lipinski definition) is 10. The van der Waals surface area contributed by atoms with Gasteiger partial charge < -0.3 is 23.5 Å². The van der Waals surface area contributed by atoms with Crippen LogP contribution in [0.1, 0.15) is 0 Å². The third-order valence-corrected chi connectivity index (χ3v) is 3.80. The van der Waals surface area contributed by atoms with Gasteiger partial charge in [-0.15, -0.1) is 0 Å². The van der Waals surface area contributed by atoms with E-state index in [-0.39, 0.29) is 6.61 Å². The van der Waals surface area contributed by atoms with Crippen molar-refractivity contribution in [2.75, 3.05) is 29.3 Å². The van der Waals surface area contributed by atoms with Gasteiger partial charge in [0.15, 0.2) is 5.82 Å². The first-order valence-corrected chi connectivity index (χ1v) is 9.30.